The molecule has 0 aromatic carbocycles. The summed E-state index contributed by atoms with van der Waals surface area (Å²) in [6.45, 7) is 13.3. The number of nitrogens with zero attached hydrogens (tertiary/aromatic N) is 9. The zero-order valence-corrected chi connectivity index (χ0v) is 27.4. The number of aromatic nitrogens is 7. The summed E-state index contributed by atoms with van der Waals surface area (Å²) in [5, 5.41) is 17.9. The Morgan fingerprint density at radius 2 is 1.89 bits per heavy atom. The van der Waals surface area contributed by atoms with Gasteiger partial charge in [-0.15, -0.1) is 5.10 Å². The summed E-state index contributed by atoms with van der Waals surface area (Å²) in [4.78, 5) is 61.0. The van der Waals surface area contributed by atoms with Crippen molar-refractivity contribution < 1.29 is 19.4 Å². The maximum absolute atomic E-state index is 14.2. The molecule has 2 N–H and O–H groups in total. The number of nitrogens with one attached hydrogen (secondary N) is 1. The Morgan fingerprint density at radius 3 is 2.57 bits per heavy atom. The number of rotatable bonds is 11. The number of aryl methyl sites for hydroxylation is 1. The van der Waals surface area contributed by atoms with Crippen LogP contribution in [0.25, 0.3) is 17.2 Å². The summed E-state index contributed by atoms with van der Waals surface area (Å²) in [6.07, 6.45) is 3.89. The quantitative estimate of drug-likeness (QED) is 0.229. The van der Waals surface area contributed by atoms with E-state index >= 15 is 0 Å². The molecule has 47 heavy (non-hydrogen) atoms. The highest BCUT2D eigenvalue weighted by Crippen LogP contribution is 2.25. The minimum absolute atomic E-state index is 0.0603. The fourth-order valence-corrected chi connectivity index (χ4v) is 5.47. The van der Waals surface area contributed by atoms with Crippen molar-refractivity contribution in [2.24, 2.45) is 5.92 Å². The smallest absolute Gasteiger partial charge is 0.299 e. The number of carbonyl (C=O) groups is 2. The number of hydrogen-bond donors (Lipinski definition) is 2. The second-order valence-corrected chi connectivity index (χ2v) is 11.6. The Balaban J connectivity index is 1.50. The maximum Gasteiger partial charge on any atom is 0.299 e. The van der Waals surface area contributed by atoms with Crippen LogP contribution < -0.4 is 20.5 Å². The average molecular weight is 645 g/mol. The topological polar surface area (TPSA) is 173 Å². The molecule has 1 aliphatic rings. The highest BCUT2D eigenvalue weighted by molar-refractivity contribution is 5.95. The van der Waals surface area contributed by atoms with E-state index in [0.29, 0.717) is 66.9 Å². The Bertz CT molecular complexity index is 1870. The van der Waals surface area contributed by atoms with Crippen molar-refractivity contribution >= 4 is 23.3 Å². The third-order valence-corrected chi connectivity index (χ3v) is 8.34. The third kappa shape index (κ3) is 6.78. The number of methoxy groups -OCH3 is 1. The van der Waals surface area contributed by atoms with E-state index < -0.39 is 5.91 Å². The number of piperazine rings is 1. The maximum atomic E-state index is 14.2. The predicted octanol–water partition coefficient (Wildman–Crippen LogP) is 2.01. The number of amides is 2. The fraction of sp³-hybridized carbons (Fsp3) is 0.438. The molecule has 248 valence electrons. The van der Waals surface area contributed by atoms with Gasteiger partial charge in [0.2, 0.25) is 17.6 Å². The molecule has 0 radical (unpaired) electrons. The summed E-state index contributed by atoms with van der Waals surface area (Å²) >= 11 is 0. The van der Waals surface area contributed by atoms with Crippen LogP contribution in [0.15, 0.2) is 41.6 Å². The Hall–Kier alpha value is -5.34. The Kier molecular flexibility index (Phi) is 9.82. The van der Waals surface area contributed by atoms with Gasteiger partial charge < -0.3 is 29.5 Å². The normalized spacial score (nSPS) is 13.3. The van der Waals surface area contributed by atoms with Crippen LogP contribution in [-0.4, -0.2) is 95.8 Å². The summed E-state index contributed by atoms with van der Waals surface area (Å²) in [7, 11) is 1.51. The van der Waals surface area contributed by atoms with Gasteiger partial charge in [0.1, 0.15) is 18.6 Å². The second-order valence-electron chi connectivity index (χ2n) is 11.6. The molecule has 4 aromatic heterocycles. The molecule has 15 nitrogen and oxygen atoms in total. The van der Waals surface area contributed by atoms with Crippen LogP contribution in [-0.2, 0) is 17.8 Å². The summed E-state index contributed by atoms with van der Waals surface area (Å²) in [5.74, 6) is 0.285. The minimum Gasteiger partial charge on any atom is -0.504 e. The lowest BCUT2D eigenvalue weighted by molar-refractivity contribution is -0.121. The molecule has 0 spiro atoms. The number of carbonyl (C=O) groups excluding carboxylic acids is 2. The molecular formula is C32H40N10O5. The standard InChI is InChI=1S/C32H40N10O5/c1-7-23-27(39-12-14-40(15-13-39)30(45)26-28(44)21(5)35-18-36-26)31(46)42-32(37-29(38-42)22-9-11-34-25(16-22)47-6)41(23)17-24(43)33-10-8-20(4)19(2)3/h9,11,16,18-19,44H,4,7-8,10,12-15,17H2,1-3,5-6H3,(H,33,43). The van der Waals surface area contributed by atoms with Gasteiger partial charge in [-0.05, 0) is 31.7 Å². The van der Waals surface area contributed by atoms with E-state index in [0.717, 1.165) is 5.57 Å². The molecule has 0 saturated carbocycles. The number of fused-ring (bicyclic) bond motifs is 1. The molecule has 5 rings (SSSR count). The predicted molar refractivity (Wildman–Crippen MR) is 175 cm³/mol. The molecule has 1 saturated heterocycles. The molecule has 1 fully saturated rings. The van der Waals surface area contributed by atoms with E-state index in [1.165, 1.54) is 18.0 Å². The number of aromatic hydroxyl groups is 1. The average Bonchev–Trinajstić information content (AvgIpc) is 3.53. The first-order valence-corrected chi connectivity index (χ1v) is 15.6. The first-order valence-electron chi connectivity index (χ1n) is 15.6. The third-order valence-electron chi connectivity index (χ3n) is 8.34. The monoisotopic (exact) mass is 644 g/mol. The van der Waals surface area contributed by atoms with Gasteiger partial charge in [0.05, 0.1) is 18.5 Å². The van der Waals surface area contributed by atoms with E-state index in [1.807, 2.05) is 11.8 Å². The van der Waals surface area contributed by atoms with Crippen LogP contribution in [0.5, 0.6) is 11.6 Å². The Labute approximate surface area is 271 Å². The van der Waals surface area contributed by atoms with Crippen molar-refractivity contribution in [2.45, 2.75) is 47.1 Å². The van der Waals surface area contributed by atoms with E-state index in [9.17, 15) is 19.5 Å². The lowest BCUT2D eigenvalue weighted by Gasteiger charge is -2.36. The summed E-state index contributed by atoms with van der Waals surface area (Å²) in [5.41, 5.74) is 2.52. The fourth-order valence-electron chi connectivity index (χ4n) is 5.47. The Morgan fingerprint density at radius 1 is 1.15 bits per heavy atom. The number of ether oxygens (including phenoxy) is 1. The molecule has 4 aromatic rings. The van der Waals surface area contributed by atoms with Crippen molar-refractivity contribution in [3.8, 4) is 23.0 Å². The lowest BCUT2D eigenvalue weighted by atomic mass is 10.0. The zero-order chi connectivity index (χ0) is 33.8. The molecule has 0 unspecified atom stereocenters. The minimum atomic E-state index is -0.415. The molecule has 0 bridgehead atoms. The molecule has 0 atom stereocenters. The van der Waals surface area contributed by atoms with Gasteiger partial charge in [-0.3, -0.25) is 14.4 Å². The molecule has 2 amide bonds. The molecule has 15 heteroatoms. The van der Waals surface area contributed by atoms with E-state index in [2.05, 4.69) is 45.8 Å². The first-order chi connectivity index (χ1) is 22.5. The van der Waals surface area contributed by atoms with Crippen molar-refractivity contribution in [1.82, 2.24) is 44.3 Å². The summed E-state index contributed by atoms with van der Waals surface area (Å²) in [6, 6.07) is 3.39. The summed E-state index contributed by atoms with van der Waals surface area (Å²) < 4.78 is 8.23. The van der Waals surface area contributed by atoms with E-state index in [4.69, 9.17) is 9.72 Å². The largest absolute Gasteiger partial charge is 0.504 e. The second kappa shape index (κ2) is 14.0. The highest BCUT2D eigenvalue weighted by atomic mass is 16.5. The van der Waals surface area contributed by atoms with Crippen molar-refractivity contribution in [1.29, 1.82) is 0 Å². The van der Waals surface area contributed by atoms with Crippen LogP contribution in [0, 0.1) is 12.8 Å². The number of anilines is 1. The van der Waals surface area contributed by atoms with Crippen molar-refractivity contribution in [3.05, 3.63) is 64.2 Å². The highest BCUT2D eigenvalue weighted by Gasteiger charge is 2.30. The van der Waals surface area contributed by atoms with Gasteiger partial charge in [0.15, 0.2) is 17.3 Å². The van der Waals surface area contributed by atoms with Crippen LogP contribution in [0.3, 0.4) is 0 Å². The van der Waals surface area contributed by atoms with Gasteiger partial charge in [-0.2, -0.15) is 9.50 Å². The van der Waals surface area contributed by atoms with Crippen molar-refractivity contribution in [3.63, 3.8) is 0 Å². The van der Waals surface area contributed by atoms with Gasteiger partial charge >= 0.3 is 0 Å². The molecule has 5 heterocycles. The molecule has 1 aliphatic heterocycles. The van der Waals surface area contributed by atoms with Crippen LogP contribution in [0.4, 0.5) is 5.69 Å². The van der Waals surface area contributed by atoms with Crippen LogP contribution in [0.2, 0.25) is 0 Å². The number of pyridine rings is 1. The molecular weight excluding hydrogens is 604 g/mol. The van der Waals surface area contributed by atoms with Gasteiger partial charge in [-0.25, -0.2) is 15.0 Å². The first kappa shape index (κ1) is 33.0. The van der Waals surface area contributed by atoms with E-state index in [-0.39, 0.29) is 54.1 Å². The lowest BCUT2D eigenvalue weighted by Crippen LogP contribution is -2.51. The number of hydrogen-bond acceptors (Lipinski definition) is 11. The molecule has 0 aliphatic carbocycles. The van der Waals surface area contributed by atoms with Crippen molar-refractivity contribution in [2.75, 3.05) is 44.7 Å². The SMILES string of the molecule is C=C(CCNC(=O)Cn1c(CC)c(N2CCN(C(=O)c3ncnc(C)c3O)CC2)c(=O)n2nc(-c3ccnc(OC)c3)nc12)C(C)C. The van der Waals surface area contributed by atoms with Crippen LogP contribution >= 0.6 is 0 Å². The van der Waals surface area contributed by atoms with Gasteiger partial charge in [-0.1, -0.05) is 32.9 Å². The van der Waals surface area contributed by atoms with Crippen LogP contribution in [0.1, 0.15) is 49.1 Å². The van der Waals surface area contributed by atoms with E-state index in [1.54, 1.807) is 34.7 Å². The zero-order valence-electron chi connectivity index (χ0n) is 27.4. The van der Waals surface area contributed by atoms with Gasteiger partial charge in [0.25, 0.3) is 11.5 Å². The van der Waals surface area contributed by atoms with Gasteiger partial charge in [0, 0.05) is 50.6 Å².